The highest BCUT2D eigenvalue weighted by atomic mass is 16.2. The minimum Gasteiger partial charge on any atom is -0.356 e. The molecule has 1 amide bonds. The fourth-order valence-corrected chi connectivity index (χ4v) is 3.06. The molecule has 1 fully saturated rings. The number of nitrogens with zero attached hydrogens (tertiary/aromatic N) is 1. The van der Waals surface area contributed by atoms with Crippen LogP contribution < -0.4 is 21.8 Å². The Kier molecular flexibility index (Phi) is 5.10. The van der Waals surface area contributed by atoms with Crippen LogP contribution in [0.5, 0.6) is 0 Å². The van der Waals surface area contributed by atoms with E-state index in [1.165, 1.54) is 4.68 Å². The fourth-order valence-electron chi connectivity index (χ4n) is 3.06. The summed E-state index contributed by atoms with van der Waals surface area (Å²) in [5, 5.41) is 9.50. The smallest absolute Gasteiger partial charge is 0.273 e. The van der Waals surface area contributed by atoms with Gasteiger partial charge in [-0.1, -0.05) is 12.1 Å². The summed E-state index contributed by atoms with van der Waals surface area (Å²) in [7, 11) is 0. The Morgan fingerprint density at radius 2 is 2.04 bits per heavy atom. The van der Waals surface area contributed by atoms with Crippen molar-refractivity contribution in [3.63, 3.8) is 0 Å². The lowest BCUT2D eigenvalue weighted by atomic mass is 10.00. The molecule has 0 radical (unpaired) electrons. The van der Waals surface area contributed by atoms with E-state index in [1.54, 1.807) is 24.3 Å². The summed E-state index contributed by atoms with van der Waals surface area (Å²) in [5.74, 6) is 0.354. The van der Waals surface area contributed by atoms with Crippen molar-refractivity contribution in [3.05, 3.63) is 45.0 Å². The number of piperidine rings is 1. The van der Waals surface area contributed by atoms with Crippen molar-refractivity contribution >= 4 is 16.7 Å². The lowest BCUT2D eigenvalue weighted by Crippen LogP contribution is -2.38. The predicted octanol–water partition coefficient (Wildman–Crippen LogP) is 0.196. The van der Waals surface area contributed by atoms with Crippen LogP contribution in [0.1, 0.15) is 19.3 Å². The van der Waals surface area contributed by atoms with Gasteiger partial charge in [-0.3, -0.25) is 19.5 Å². The van der Waals surface area contributed by atoms with Crippen molar-refractivity contribution in [2.75, 3.05) is 19.6 Å². The normalized spacial score (nSPS) is 17.8. The van der Waals surface area contributed by atoms with Gasteiger partial charge in [0.25, 0.3) is 11.1 Å². The molecule has 2 aromatic rings. The number of aromatic amines is 1. The summed E-state index contributed by atoms with van der Waals surface area (Å²) in [4.78, 5) is 36.3. The highest BCUT2D eigenvalue weighted by Gasteiger charge is 2.14. The average Bonchev–Trinajstić information content (AvgIpc) is 2.62. The first-order valence-electron chi connectivity index (χ1n) is 8.34. The highest BCUT2D eigenvalue weighted by molar-refractivity contribution is 5.80. The molecule has 1 aromatic heterocycles. The molecule has 1 saturated heterocycles. The highest BCUT2D eigenvalue weighted by Crippen LogP contribution is 2.08. The third-order valence-corrected chi connectivity index (χ3v) is 4.43. The Hall–Kier alpha value is -2.41. The van der Waals surface area contributed by atoms with Crippen molar-refractivity contribution < 1.29 is 4.79 Å². The number of amides is 1. The molecule has 1 aromatic carbocycles. The Morgan fingerprint density at radius 1 is 1.25 bits per heavy atom. The molecule has 0 bridgehead atoms. The van der Waals surface area contributed by atoms with Crippen LogP contribution in [0, 0.1) is 5.92 Å². The monoisotopic (exact) mass is 330 g/mol. The number of aromatic nitrogens is 2. The second-order valence-electron chi connectivity index (χ2n) is 6.21. The first-order valence-corrected chi connectivity index (χ1v) is 8.34. The predicted molar refractivity (Wildman–Crippen MR) is 92.0 cm³/mol. The quantitative estimate of drug-likeness (QED) is 0.729. The van der Waals surface area contributed by atoms with E-state index in [0.717, 1.165) is 25.9 Å². The minimum atomic E-state index is -0.320. The molecule has 1 aliphatic rings. The molecule has 128 valence electrons. The SMILES string of the molecule is O=C(CCn1[nH]c(=O)c2ccccc2c1=O)NCC1CCCNC1. The standard InChI is InChI=1S/C17H22N4O3/c22-15(19-11-12-4-3-8-18-10-12)7-9-21-17(24)14-6-2-1-5-13(14)16(23)20-21/h1-2,5-6,12,18H,3-4,7-11H2,(H,19,22)(H,20,23). The number of carbonyl (C=O) groups is 1. The van der Waals surface area contributed by atoms with Crippen LogP contribution in [-0.4, -0.2) is 35.3 Å². The maximum absolute atomic E-state index is 12.4. The maximum Gasteiger partial charge on any atom is 0.273 e. The Bertz CT molecular complexity index is 834. The average molecular weight is 330 g/mol. The number of hydrogen-bond acceptors (Lipinski definition) is 4. The number of H-pyrrole nitrogens is 1. The van der Waals surface area contributed by atoms with Crippen LogP contribution in [0.25, 0.3) is 10.8 Å². The van der Waals surface area contributed by atoms with Gasteiger partial charge in [0.1, 0.15) is 0 Å². The molecular weight excluding hydrogens is 308 g/mol. The summed E-state index contributed by atoms with van der Waals surface area (Å²) in [6.45, 7) is 2.78. The fraction of sp³-hybridized carbons (Fsp3) is 0.471. The van der Waals surface area contributed by atoms with Crippen LogP contribution in [0.3, 0.4) is 0 Å². The molecule has 3 rings (SSSR count). The number of aryl methyl sites for hydroxylation is 1. The number of hydrogen-bond donors (Lipinski definition) is 3. The molecule has 24 heavy (non-hydrogen) atoms. The van der Waals surface area contributed by atoms with Crippen molar-refractivity contribution in [3.8, 4) is 0 Å². The van der Waals surface area contributed by atoms with Crippen LogP contribution >= 0.6 is 0 Å². The zero-order valence-electron chi connectivity index (χ0n) is 13.5. The van der Waals surface area contributed by atoms with E-state index >= 15 is 0 Å². The van der Waals surface area contributed by atoms with Gasteiger partial charge in [0.05, 0.1) is 17.3 Å². The zero-order valence-corrected chi connectivity index (χ0v) is 13.5. The summed E-state index contributed by atoms with van der Waals surface area (Å²) >= 11 is 0. The van der Waals surface area contributed by atoms with Crippen molar-refractivity contribution in [1.82, 2.24) is 20.4 Å². The Balaban J connectivity index is 1.61. The zero-order chi connectivity index (χ0) is 16.9. The Morgan fingerprint density at radius 3 is 2.79 bits per heavy atom. The summed E-state index contributed by atoms with van der Waals surface area (Å²) in [6.07, 6.45) is 2.41. The number of nitrogens with one attached hydrogen (secondary N) is 3. The van der Waals surface area contributed by atoms with E-state index in [9.17, 15) is 14.4 Å². The summed E-state index contributed by atoms with van der Waals surface area (Å²) < 4.78 is 1.21. The van der Waals surface area contributed by atoms with Crippen LogP contribution in [-0.2, 0) is 11.3 Å². The molecule has 7 nitrogen and oxygen atoms in total. The van der Waals surface area contributed by atoms with E-state index in [2.05, 4.69) is 15.7 Å². The van der Waals surface area contributed by atoms with Gasteiger partial charge in [-0.05, 0) is 44.0 Å². The van der Waals surface area contributed by atoms with Gasteiger partial charge in [-0.2, -0.15) is 0 Å². The largest absolute Gasteiger partial charge is 0.356 e. The van der Waals surface area contributed by atoms with E-state index in [-0.39, 0.29) is 30.0 Å². The van der Waals surface area contributed by atoms with Gasteiger partial charge in [0.15, 0.2) is 0 Å². The first-order chi connectivity index (χ1) is 11.6. The van der Waals surface area contributed by atoms with Gasteiger partial charge >= 0.3 is 0 Å². The van der Waals surface area contributed by atoms with E-state index in [4.69, 9.17) is 0 Å². The topological polar surface area (TPSA) is 96.0 Å². The molecule has 0 saturated carbocycles. The molecule has 1 atom stereocenters. The van der Waals surface area contributed by atoms with Crippen molar-refractivity contribution in [2.45, 2.75) is 25.8 Å². The molecule has 0 aliphatic carbocycles. The lowest BCUT2D eigenvalue weighted by molar-refractivity contribution is -0.121. The molecule has 0 spiro atoms. The second kappa shape index (κ2) is 7.44. The van der Waals surface area contributed by atoms with Crippen LogP contribution in [0.4, 0.5) is 0 Å². The van der Waals surface area contributed by atoms with Crippen molar-refractivity contribution in [2.24, 2.45) is 5.92 Å². The molecule has 1 aliphatic heterocycles. The molecule has 7 heteroatoms. The van der Waals surface area contributed by atoms with Gasteiger partial charge in [0, 0.05) is 13.0 Å². The van der Waals surface area contributed by atoms with Gasteiger partial charge in [-0.25, -0.2) is 4.68 Å². The van der Waals surface area contributed by atoms with E-state index < -0.39 is 0 Å². The summed E-state index contributed by atoms with van der Waals surface area (Å²) in [5.41, 5.74) is -0.603. The van der Waals surface area contributed by atoms with E-state index in [0.29, 0.717) is 23.2 Å². The number of carbonyl (C=O) groups excluding carboxylic acids is 1. The number of rotatable bonds is 5. The van der Waals surface area contributed by atoms with Gasteiger partial charge in [-0.15, -0.1) is 0 Å². The van der Waals surface area contributed by atoms with Crippen LogP contribution in [0.2, 0.25) is 0 Å². The number of benzene rings is 1. The second-order valence-corrected chi connectivity index (χ2v) is 6.21. The lowest BCUT2D eigenvalue weighted by Gasteiger charge is -2.22. The first kappa shape index (κ1) is 16.4. The van der Waals surface area contributed by atoms with Crippen molar-refractivity contribution in [1.29, 1.82) is 0 Å². The Labute approximate surface area is 139 Å². The molecule has 1 unspecified atom stereocenters. The minimum absolute atomic E-state index is 0.110. The summed E-state index contributed by atoms with van der Waals surface area (Å²) in [6, 6.07) is 6.68. The van der Waals surface area contributed by atoms with E-state index in [1.807, 2.05) is 0 Å². The molecular formula is C17H22N4O3. The van der Waals surface area contributed by atoms with Gasteiger partial charge < -0.3 is 10.6 Å². The third kappa shape index (κ3) is 3.73. The van der Waals surface area contributed by atoms with Crippen LogP contribution in [0.15, 0.2) is 33.9 Å². The molecule has 3 N–H and O–H groups in total. The number of fused-ring (bicyclic) bond motifs is 1. The third-order valence-electron chi connectivity index (χ3n) is 4.43. The molecule has 2 heterocycles. The maximum atomic E-state index is 12.4. The van der Waals surface area contributed by atoms with Gasteiger partial charge in [0.2, 0.25) is 5.91 Å².